The maximum atomic E-state index is 12.7. The predicted octanol–water partition coefficient (Wildman–Crippen LogP) is 6.26. The van der Waals surface area contributed by atoms with Crippen LogP contribution >= 0.6 is 0 Å². The highest BCUT2D eigenvalue weighted by molar-refractivity contribution is 5.79. The number of ketones is 1. The van der Waals surface area contributed by atoms with Crippen LogP contribution in [0.2, 0.25) is 0 Å². The number of nitrogens with zero attached hydrogens (tertiary/aromatic N) is 2. The van der Waals surface area contributed by atoms with Gasteiger partial charge < -0.3 is 14.5 Å². The molecule has 2 aliphatic heterocycles. The van der Waals surface area contributed by atoms with E-state index in [1.165, 1.54) is 17.7 Å². The van der Waals surface area contributed by atoms with E-state index in [4.69, 9.17) is 0 Å². The molecule has 208 valence electrons. The minimum Gasteiger partial charge on any atom is -0.406 e. The first kappa shape index (κ1) is 29.7. The zero-order valence-electron chi connectivity index (χ0n) is 22.6. The minimum atomic E-state index is -4.70. The Labute approximate surface area is 224 Å². The van der Waals surface area contributed by atoms with Gasteiger partial charge in [0, 0.05) is 25.4 Å². The van der Waals surface area contributed by atoms with E-state index in [0.29, 0.717) is 13.0 Å². The Bertz CT molecular complexity index is 1030. The molecule has 2 fully saturated rings. The predicted molar refractivity (Wildman–Crippen MR) is 142 cm³/mol. The number of ether oxygens (including phenoxy) is 1. The lowest BCUT2D eigenvalue weighted by Crippen LogP contribution is -2.41. The molecule has 0 N–H and O–H groups in total. The molecule has 2 saturated heterocycles. The van der Waals surface area contributed by atoms with E-state index in [1.807, 2.05) is 24.8 Å². The lowest BCUT2D eigenvalue weighted by atomic mass is 9.77. The summed E-state index contributed by atoms with van der Waals surface area (Å²) in [5.74, 6) is 0.364. The third kappa shape index (κ3) is 9.46. The number of halogens is 3. The van der Waals surface area contributed by atoms with Crippen LogP contribution in [0.25, 0.3) is 0 Å². The van der Waals surface area contributed by atoms with Gasteiger partial charge in [-0.05, 0) is 80.9 Å². The normalized spacial score (nSPS) is 17.4. The van der Waals surface area contributed by atoms with E-state index in [0.717, 1.165) is 57.4 Å². The number of carbonyl (C=O) groups excluding carboxylic acids is 2. The molecule has 1 amide bonds. The van der Waals surface area contributed by atoms with Crippen LogP contribution in [0.3, 0.4) is 0 Å². The lowest BCUT2D eigenvalue weighted by molar-refractivity contribution is -0.274. The molecule has 0 saturated carbocycles. The zero-order chi connectivity index (χ0) is 27.8. The Balaban J connectivity index is 0.000000599. The van der Waals surface area contributed by atoms with Crippen LogP contribution in [0.4, 0.5) is 13.2 Å². The maximum Gasteiger partial charge on any atom is 0.573 e. The molecule has 38 heavy (non-hydrogen) atoms. The van der Waals surface area contributed by atoms with Gasteiger partial charge in [-0.15, -0.1) is 13.2 Å². The molecule has 2 heterocycles. The van der Waals surface area contributed by atoms with Crippen molar-refractivity contribution in [1.82, 2.24) is 9.80 Å². The molecule has 0 bridgehead atoms. The number of alkyl halides is 3. The first-order valence-electron chi connectivity index (χ1n) is 13.3. The summed E-state index contributed by atoms with van der Waals surface area (Å²) in [5, 5.41) is 0. The fourth-order valence-corrected chi connectivity index (χ4v) is 4.88. The van der Waals surface area contributed by atoms with Gasteiger partial charge in [0.05, 0.1) is 0 Å². The molecule has 0 radical (unpaired) electrons. The van der Waals surface area contributed by atoms with E-state index in [-0.39, 0.29) is 28.8 Å². The zero-order valence-corrected chi connectivity index (χ0v) is 22.6. The fourth-order valence-electron chi connectivity index (χ4n) is 4.88. The van der Waals surface area contributed by atoms with Gasteiger partial charge in [0.25, 0.3) is 0 Å². The van der Waals surface area contributed by atoms with Crippen molar-refractivity contribution in [3.8, 4) is 5.75 Å². The van der Waals surface area contributed by atoms with Crippen LogP contribution in [-0.4, -0.2) is 54.0 Å². The molecule has 5 nitrogen and oxygen atoms in total. The average Bonchev–Trinajstić information content (AvgIpc) is 3.16. The van der Waals surface area contributed by atoms with E-state index in [9.17, 15) is 22.8 Å². The Kier molecular flexibility index (Phi) is 10.4. The monoisotopic (exact) mass is 532 g/mol. The highest BCUT2D eigenvalue weighted by atomic mass is 19.4. The van der Waals surface area contributed by atoms with Gasteiger partial charge in [-0.3, -0.25) is 9.59 Å². The van der Waals surface area contributed by atoms with E-state index in [2.05, 4.69) is 33.9 Å². The second-order valence-electron chi connectivity index (χ2n) is 10.8. The van der Waals surface area contributed by atoms with Crippen LogP contribution in [0.5, 0.6) is 5.75 Å². The number of piperidine rings is 1. The standard InChI is InChI=1S/C25H29F3N2O2.C5H10O/c26-25(27,28)32-22-10-8-21(9-11-22)18-30-19-24(17-23(30)31)12-15-29(16-13-24)14-4-7-20-5-2-1-3-6-20;1-4(2)5(3)6/h1-3,5-6,8-11H,4,7,12-19H2;4H,1-3H3. The quantitative estimate of drug-likeness (QED) is 0.403. The molecular formula is C30H39F3N2O3. The summed E-state index contributed by atoms with van der Waals surface area (Å²) < 4.78 is 40.9. The van der Waals surface area contributed by atoms with Gasteiger partial charge in [-0.2, -0.15) is 0 Å². The molecule has 0 unspecified atom stereocenters. The molecule has 0 aliphatic carbocycles. The van der Waals surface area contributed by atoms with Gasteiger partial charge in [0.2, 0.25) is 5.91 Å². The Hall–Kier alpha value is -2.87. The number of hydrogen-bond acceptors (Lipinski definition) is 4. The molecule has 0 atom stereocenters. The molecule has 1 spiro atoms. The van der Waals surface area contributed by atoms with E-state index < -0.39 is 6.36 Å². The summed E-state index contributed by atoms with van der Waals surface area (Å²) in [5.41, 5.74) is 2.21. The molecule has 2 aromatic carbocycles. The maximum absolute atomic E-state index is 12.7. The van der Waals surface area contributed by atoms with Gasteiger partial charge in [0.15, 0.2) is 0 Å². The number of benzene rings is 2. The van der Waals surface area contributed by atoms with Crippen molar-refractivity contribution in [2.24, 2.45) is 11.3 Å². The first-order valence-corrected chi connectivity index (χ1v) is 13.3. The van der Waals surface area contributed by atoms with Crippen LogP contribution in [0.15, 0.2) is 54.6 Å². The highest BCUT2D eigenvalue weighted by Gasteiger charge is 2.44. The minimum absolute atomic E-state index is 0.0341. The van der Waals surface area contributed by atoms with Crippen molar-refractivity contribution < 1.29 is 27.5 Å². The van der Waals surface area contributed by atoms with Crippen molar-refractivity contribution in [2.45, 2.75) is 65.8 Å². The van der Waals surface area contributed by atoms with E-state index in [1.54, 1.807) is 19.1 Å². The number of Topliss-reactive ketones (excluding diaryl/α,β-unsaturated/α-hetero) is 1. The molecule has 2 aromatic rings. The second-order valence-corrected chi connectivity index (χ2v) is 10.8. The van der Waals surface area contributed by atoms with Crippen molar-refractivity contribution in [1.29, 1.82) is 0 Å². The molecule has 4 rings (SSSR count). The number of likely N-dealkylation sites (tertiary alicyclic amines) is 2. The smallest absolute Gasteiger partial charge is 0.406 e. The van der Waals surface area contributed by atoms with Crippen molar-refractivity contribution in [3.63, 3.8) is 0 Å². The van der Waals surface area contributed by atoms with Crippen molar-refractivity contribution >= 4 is 11.7 Å². The number of aryl methyl sites for hydroxylation is 1. The number of rotatable bonds is 8. The fraction of sp³-hybridized carbons (Fsp3) is 0.533. The van der Waals surface area contributed by atoms with E-state index >= 15 is 0 Å². The Morgan fingerprint density at radius 1 is 1.00 bits per heavy atom. The molecule has 2 aliphatic rings. The van der Waals surface area contributed by atoms with Crippen molar-refractivity contribution in [2.75, 3.05) is 26.2 Å². The summed E-state index contributed by atoms with van der Waals surface area (Å²) in [6, 6.07) is 16.3. The third-order valence-corrected chi connectivity index (χ3v) is 7.45. The van der Waals surface area contributed by atoms with Crippen molar-refractivity contribution in [3.05, 3.63) is 65.7 Å². The molecule has 0 aromatic heterocycles. The van der Waals surface area contributed by atoms with Gasteiger partial charge in [0.1, 0.15) is 11.5 Å². The molecular weight excluding hydrogens is 493 g/mol. The van der Waals surface area contributed by atoms with Gasteiger partial charge >= 0.3 is 6.36 Å². The topological polar surface area (TPSA) is 49.9 Å². The third-order valence-electron chi connectivity index (χ3n) is 7.45. The number of amides is 1. The van der Waals surface area contributed by atoms with Gasteiger partial charge in [-0.25, -0.2) is 0 Å². The first-order chi connectivity index (χ1) is 17.9. The summed E-state index contributed by atoms with van der Waals surface area (Å²) in [4.78, 5) is 27.2. The number of hydrogen-bond donors (Lipinski definition) is 0. The van der Waals surface area contributed by atoms with Gasteiger partial charge in [-0.1, -0.05) is 56.3 Å². The Morgan fingerprint density at radius 3 is 2.16 bits per heavy atom. The van der Waals surface area contributed by atoms with Crippen LogP contribution in [0, 0.1) is 11.3 Å². The summed E-state index contributed by atoms with van der Waals surface area (Å²) in [7, 11) is 0. The Morgan fingerprint density at radius 2 is 1.61 bits per heavy atom. The highest BCUT2D eigenvalue weighted by Crippen LogP contribution is 2.41. The van der Waals surface area contributed by atoms with Crippen LogP contribution in [-0.2, 0) is 22.6 Å². The average molecular weight is 533 g/mol. The lowest BCUT2D eigenvalue weighted by Gasteiger charge is -2.38. The SMILES string of the molecule is CC(=O)C(C)C.O=C1CC2(CCN(CCCc3ccccc3)CC2)CN1Cc1ccc(OC(F)(F)F)cc1. The summed E-state index contributed by atoms with van der Waals surface area (Å²) in [6.45, 7) is 9.64. The molecule has 8 heteroatoms. The largest absolute Gasteiger partial charge is 0.573 e. The number of carbonyl (C=O) groups is 2. The van der Waals surface area contributed by atoms with Crippen LogP contribution in [0.1, 0.15) is 57.6 Å². The van der Waals surface area contributed by atoms with Crippen LogP contribution < -0.4 is 4.74 Å². The summed E-state index contributed by atoms with van der Waals surface area (Å²) in [6.07, 6.45) is 0.116. The summed E-state index contributed by atoms with van der Waals surface area (Å²) >= 11 is 0. The second kappa shape index (κ2) is 13.3.